The van der Waals surface area contributed by atoms with Gasteiger partial charge in [-0.25, -0.2) is 9.59 Å². The summed E-state index contributed by atoms with van der Waals surface area (Å²) in [7, 11) is 3.00. The second-order valence-corrected chi connectivity index (χ2v) is 6.30. The number of rotatable bonds is 6. The summed E-state index contributed by atoms with van der Waals surface area (Å²) in [5.41, 5.74) is 0.202. The van der Waals surface area contributed by atoms with E-state index >= 15 is 0 Å². The molecule has 29 heavy (non-hydrogen) atoms. The summed E-state index contributed by atoms with van der Waals surface area (Å²) in [5, 5.41) is 2.92. The highest BCUT2D eigenvalue weighted by atomic mass is 16.5. The first-order valence-corrected chi connectivity index (χ1v) is 8.75. The Morgan fingerprint density at radius 3 is 2.55 bits per heavy atom. The van der Waals surface area contributed by atoms with Crippen molar-refractivity contribution in [2.24, 2.45) is 0 Å². The molecule has 2 heterocycles. The van der Waals surface area contributed by atoms with E-state index in [1.807, 2.05) is 0 Å². The standard InChI is InChI=1S/C20H21N3O6/c1-5-8-29-19(25)14-10(2)21-17-16(18(24)23-20(26)22-17)15(14)11-6-7-12(27-3)13(9-11)28-4/h5-7,9,15H,1,8H2,2-4H3,(H3,21,22,23,24,26)/t15-/m0/s1. The van der Waals surface area contributed by atoms with Crippen molar-refractivity contribution in [2.75, 3.05) is 26.1 Å². The third-order valence-corrected chi connectivity index (χ3v) is 4.57. The number of hydrogen-bond acceptors (Lipinski definition) is 7. The highest BCUT2D eigenvalue weighted by Gasteiger charge is 2.36. The lowest BCUT2D eigenvalue weighted by atomic mass is 9.82. The molecule has 152 valence electrons. The first-order chi connectivity index (χ1) is 13.9. The molecule has 0 spiro atoms. The minimum absolute atomic E-state index is 0.0170. The van der Waals surface area contributed by atoms with Crippen molar-refractivity contribution >= 4 is 11.8 Å². The van der Waals surface area contributed by atoms with Crippen molar-refractivity contribution in [1.82, 2.24) is 9.97 Å². The Morgan fingerprint density at radius 2 is 1.90 bits per heavy atom. The summed E-state index contributed by atoms with van der Waals surface area (Å²) in [6, 6.07) is 5.08. The largest absolute Gasteiger partial charge is 0.493 e. The minimum atomic E-state index is -0.802. The normalized spacial score (nSPS) is 15.2. The number of aromatic nitrogens is 2. The summed E-state index contributed by atoms with van der Waals surface area (Å²) >= 11 is 0. The number of aromatic amines is 2. The van der Waals surface area contributed by atoms with Gasteiger partial charge in [-0.15, -0.1) is 0 Å². The van der Waals surface area contributed by atoms with Crippen LogP contribution in [0, 0.1) is 0 Å². The van der Waals surface area contributed by atoms with E-state index < -0.39 is 23.1 Å². The Balaban J connectivity index is 2.26. The number of carbonyl (C=O) groups is 1. The van der Waals surface area contributed by atoms with Gasteiger partial charge in [-0.2, -0.15) is 0 Å². The Labute approximate surface area is 166 Å². The molecular formula is C20H21N3O6. The first kappa shape index (κ1) is 20.0. The molecule has 0 aliphatic carbocycles. The second kappa shape index (κ2) is 8.09. The first-order valence-electron chi connectivity index (χ1n) is 8.75. The zero-order valence-electron chi connectivity index (χ0n) is 16.3. The number of ether oxygens (including phenoxy) is 3. The van der Waals surface area contributed by atoms with Crippen LogP contribution in [0.5, 0.6) is 11.5 Å². The fourth-order valence-electron chi connectivity index (χ4n) is 3.33. The quantitative estimate of drug-likeness (QED) is 0.498. The fourth-order valence-corrected chi connectivity index (χ4v) is 3.33. The van der Waals surface area contributed by atoms with Crippen LogP contribution in [-0.2, 0) is 9.53 Å². The average Bonchev–Trinajstić information content (AvgIpc) is 2.70. The van der Waals surface area contributed by atoms with Gasteiger partial charge in [-0.05, 0) is 24.6 Å². The lowest BCUT2D eigenvalue weighted by Crippen LogP contribution is -2.35. The molecule has 0 amide bonds. The van der Waals surface area contributed by atoms with Crippen LogP contribution >= 0.6 is 0 Å². The maximum atomic E-state index is 12.8. The zero-order valence-corrected chi connectivity index (χ0v) is 16.3. The van der Waals surface area contributed by atoms with Gasteiger partial charge in [-0.1, -0.05) is 18.7 Å². The number of fused-ring (bicyclic) bond motifs is 1. The molecule has 0 unspecified atom stereocenters. The molecule has 0 fully saturated rings. The van der Waals surface area contributed by atoms with Crippen molar-refractivity contribution in [1.29, 1.82) is 0 Å². The molecule has 1 aliphatic rings. The van der Waals surface area contributed by atoms with Gasteiger partial charge in [-0.3, -0.25) is 14.8 Å². The number of carbonyl (C=O) groups excluding carboxylic acids is 1. The van der Waals surface area contributed by atoms with Crippen LogP contribution in [0.25, 0.3) is 0 Å². The van der Waals surface area contributed by atoms with Crippen molar-refractivity contribution in [3.8, 4) is 11.5 Å². The highest BCUT2D eigenvalue weighted by Crippen LogP contribution is 2.41. The van der Waals surface area contributed by atoms with E-state index in [4.69, 9.17) is 14.2 Å². The molecule has 1 aromatic carbocycles. The Hall–Kier alpha value is -3.75. The van der Waals surface area contributed by atoms with E-state index in [1.54, 1.807) is 25.1 Å². The maximum Gasteiger partial charge on any atom is 0.337 e. The van der Waals surface area contributed by atoms with Crippen molar-refractivity contribution in [3.05, 3.63) is 74.1 Å². The van der Waals surface area contributed by atoms with Gasteiger partial charge in [0.2, 0.25) is 0 Å². The number of hydrogen-bond donors (Lipinski definition) is 3. The fraction of sp³-hybridized carbons (Fsp3) is 0.250. The van der Waals surface area contributed by atoms with Crippen LogP contribution in [-0.4, -0.2) is 36.8 Å². The predicted molar refractivity (Wildman–Crippen MR) is 107 cm³/mol. The number of H-pyrrole nitrogens is 2. The monoisotopic (exact) mass is 399 g/mol. The van der Waals surface area contributed by atoms with Gasteiger partial charge in [0, 0.05) is 5.70 Å². The van der Waals surface area contributed by atoms with Crippen LogP contribution in [0.15, 0.2) is 51.7 Å². The molecule has 1 aliphatic heterocycles. The van der Waals surface area contributed by atoms with Crippen molar-refractivity contribution in [3.63, 3.8) is 0 Å². The topological polar surface area (TPSA) is 123 Å². The van der Waals surface area contributed by atoms with E-state index in [9.17, 15) is 14.4 Å². The van der Waals surface area contributed by atoms with E-state index in [-0.39, 0.29) is 23.6 Å². The Morgan fingerprint density at radius 1 is 1.17 bits per heavy atom. The molecule has 1 atom stereocenters. The lowest BCUT2D eigenvalue weighted by molar-refractivity contribution is -0.138. The van der Waals surface area contributed by atoms with Gasteiger partial charge in [0.25, 0.3) is 5.56 Å². The summed E-state index contributed by atoms with van der Waals surface area (Å²) in [5.74, 6) is -0.258. The van der Waals surface area contributed by atoms with Crippen LogP contribution in [0.3, 0.4) is 0 Å². The van der Waals surface area contributed by atoms with Gasteiger partial charge in [0.15, 0.2) is 11.5 Å². The summed E-state index contributed by atoms with van der Waals surface area (Å²) < 4.78 is 15.9. The van der Waals surface area contributed by atoms with E-state index in [1.165, 1.54) is 20.3 Å². The Bertz CT molecular complexity index is 1110. The molecule has 0 bridgehead atoms. The molecule has 1 aromatic heterocycles. The lowest BCUT2D eigenvalue weighted by Gasteiger charge is -2.29. The van der Waals surface area contributed by atoms with Gasteiger partial charge < -0.3 is 19.5 Å². The van der Waals surface area contributed by atoms with Crippen molar-refractivity contribution < 1.29 is 19.0 Å². The molecular weight excluding hydrogens is 378 g/mol. The summed E-state index contributed by atoms with van der Waals surface area (Å²) in [6.07, 6.45) is 1.45. The van der Waals surface area contributed by atoms with Crippen LogP contribution < -0.4 is 26.0 Å². The molecule has 0 radical (unpaired) electrons. The van der Waals surface area contributed by atoms with Crippen LogP contribution in [0.2, 0.25) is 0 Å². The number of methoxy groups -OCH3 is 2. The predicted octanol–water partition coefficient (Wildman–Crippen LogP) is 1.64. The summed E-state index contributed by atoms with van der Waals surface area (Å²) in [6.45, 7) is 5.23. The number of allylic oxidation sites excluding steroid dienone is 1. The number of anilines is 1. The summed E-state index contributed by atoms with van der Waals surface area (Å²) in [4.78, 5) is 42.0. The van der Waals surface area contributed by atoms with E-state index in [0.29, 0.717) is 22.8 Å². The molecule has 3 rings (SSSR count). The molecule has 0 saturated heterocycles. The third kappa shape index (κ3) is 3.66. The van der Waals surface area contributed by atoms with E-state index in [0.717, 1.165) is 0 Å². The van der Waals surface area contributed by atoms with Crippen molar-refractivity contribution in [2.45, 2.75) is 12.8 Å². The number of nitrogens with one attached hydrogen (secondary N) is 3. The smallest absolute Gasteiger partial charge is 0.337 e. The molecule has 9 nitrogen and oxygen atoms in total. The maximum absolute atomic E-state index is 12.8. The third-order valence-electron chi connectivity index (χ3n) is 4.57. The molecule has 2 aromatic rings. The SMILES string of the molecule is C=CCOC(=O)C1=C(C)Nc2[nH]c(=O)[nH]c(=O)c2[C@H]1c1ccc(OC)c(OC)c1. The minimum Gasteiger partial charge on any atom is -0.493 e. The Kier molecular flexibility index (Phi) is 5.58. The van der Waals surface area contributed by atoms with Gasteiger partial charge in [0.05, 0.1) is 31.3 Å². The van der Waals surface area contributed by atoms with Crippen LogP contribution in [0.1, 0.15) is 24.0 Å². The number of esters is 1. The van der Waals surface area contributed by atoms with Gasteiger partial charge >= 0.3 is 11.7 Å². The second-order valence-electron chi connectivity index (χ2n) is 6.30. The average molecular weight is 399 g/mol. The highest BCUT2D eigenvalue weighted by molar-refractivity contribution is 5.94. The molecule has 9 heteroatoms. The molecule has 3 N–H and O–H groups in total. The number of benzene rings is 1. The van der Waals surface area contributed by atoms with Gasteiger partial charge in [0.1, 0.15) is 12.4 Å². The molecule has 0 saturated carbocycles. The zero-order chi connectivity index (χ0) is 21.1. The van der Waals surface area contributed by atoms with E-state index in [2.05, 4.69) is 21.9 Å². The van der Waals surface area contributed by atoms with Crippen LogP contribution in [0.4, 0.5) is 5.82 Å².